The van der Waals surface area contributed by atoms with Crippen molar-refractivity contribution in [2.24, 2.45) is 10.8 Å². The Bertz CT molecular complexity index is 1420. The summed E-state index contributed by atoms with van der Waals surface area (Å²) in [6, 6.07) is 20.4. The molecule has 0 aliphatic carbocycles. The number of hydrogen-bond acceptors (Lipinski definition) is 3. The zero-order chi connectivity index (χ0) is 27.5. The third-order valence-corrected chi connectivity index (χ3v) is 6.09. The van der Waals surface area contributed by atoms with Crippen LogP contribution >= 0.6 is 0 Å². The topological polar surface area (TPSA) is 55.1 Å². The average molecular weight is 688 g/mol. The van der Waals surface area contributed by atoms with Gasteiger partial charge in [0.1, 0.15) is 5.76 Å². The fourth-order valence-corrected chi connectivity index (χ4v) is 3.78. The van der Waals surface area contributed by atoms with Crippen LogP contribution in [0.2, 0.25) is 0 Å². The summed E-state index contributed by atoms with van der Waals surface area (Å²) in [4.78, 5) is 16.4. The maximum Gasteiger partial charge on any atom is 0.164 e. The van der Waals surface area contributed by atoms with Crippen LogP contribution in [0.1, 0.15) is 58.2 Å². The second-order valence-corrected chi connectivity index (χ2v) is 11.8. The van der Waals surface area contributed by atoms with Crippen molar-refractivity contribution in [2.45, 2.75) is 62.3 Å². The van der Waals surface area contributed by atoms with Crippen LogP contribution in [-0.4, -0.2) is 20.4 Å². The number of hydrogen-bond donors (Lipinski definition) is 1. The third kappa shape index (κ3) is 7.99. The number of fused-ring (bicyclic) bond motifs is 1. The molecule has 0 saturated carbocycles. The molecule has 0 bridgehead atoms. The van der Waals surface area contributed by atoms with E-state index >= 15 is 0 Å². The molecular weight excluding hydrogens is 649 g/mol. The second kappa shape index (κ2) is 12.2. The molecule has 0 atom stereocenters. The van der Waals surface area contributed by atoms with Gasteiger partial charge in [-0.2, -0.15) is 0 Å². The van der Waals surface area contributed by atoms with E-state index in [9.17, 15) is 9.90 Å². The Morgan fingerprint density at radius 1 is 0.921 bits per heavy atom. The normalized spacial score (nSPS) is 12.0. The van der Waals surface area contributed by atoms with Crippen molar-refractivity contribution in [1.82, 2.24) is 9.55 Å². The van der Waals surface area contributed by atoms with E-state index < -0.39 is 5.41 Å². The van der Waals surface area contributed by atoms with E-state index in [1.54, 1.807) is 0 Å². The molecule has 5 heteroatoms. The first-order chi connectivity index (χ1) is 17.1. The number of rotatable bonds is 3. The number of aliphatic hydroxyl groups is 1. The van der Waals surface area contributed by atoms with Crippen molar-refractivity contribution in [2.75, 3.05) is 0 Å². The van der Waals surface area contributed by atoms with Crippen LogP contribution < -0.4 is 0 Å². The largest absolute Gasteiger partial charge is 0.512 e. The van der Waals surface area contributed by atoms with Gasteiger partial charge in [0.25, 0.3) is 0 Å². The fraction of sp³-hybridized carbons (Fsp3) is 0.333. The smallest absolute Gasteiger partial charge is 0.164 e. The molecule has 0 aliphatic rings. The van der Waals surface area contributed by atoms with Gasteiger partial charge >= 0.3 is 0 Å². The SMILES string of the molecule is CC(C)(C)C(=O)/C=C(\O)C(C)(C)C.Cc1[c-]c(-c2ccc3cc(-n4cccc4)c(C)cc3n2)cc(C)c1.[Ir]. The van der Waals surface area contributed by atoms with Gasteiger partial charge in [-0.3, -0.25) is 9.78 Å². The van der Waals surface area contributed by atoms with E-state index in [-0.39, 0.29) is 37.1 Å². The van der Waals surface area contributed by atoms with E-state index in [0.717, 1.165) is 27.7 Å². The van der Waals surface area contributed by atoms with Gasteiger partial charge in [-0.25, -0.2) is 0 Å². The molecule has 4 rings (SSSR count). The molecule has 2 aromatic carbocycles. The van der Waals surface area contributed by atoms with Crippen molar-refractivity contribution >= 4 is 16.7 Å². The number of carbonyl (C=O) groups excluding carboxylic acids is 1. The molecule has 38 heavy (non-hydrogen) atoms. The Balaban J connectivity index is 0.000000313. The van der Waals surface area contributed by atoms with E-state index in [1.807, 2.05) is 53.7 Å². The summed E-state index contributed by atoms with van der Waals surface area (Å²) in [6.45, 7) is 17.4. The summed E-state index contributed by atoms with van der Waals surface area (Å²) in [5, 5.41) is 10.7. The minimum Gasteiger partial charge on any atom is -0.512 e. The van der Waals surface area contributed by atoms with Gasteiger partial charge in [0.15, 0.2) is 5.78 Å². The van der Waals surface area contributed by atoms with Crippen LogP contribution in [0.5, 0.6) is 0 Å². The molecule has 1 N–H and O–H groups in total. The first kappa shape index (κ1) is 31.2. The standard InChI is InChI=1S/C22H19N2.C11H20O2.Ir/c1-15-10-16(2)12-19(11-15)20-7-6-18-14-22(24-8-4-5-9-24)17(3)13-21(18)23-20;1-10(2,3)8(12)7-9(13)11(4,5)6;/h4-11,13-14H,1-3H3;7,12H,1-6H3;/q-1;;/b;8-7-;. The summed E-state index contributed by atoms with van der Waals surface area (Å²) in [5.74, 6) is 0.104. The van der Waals surface area contributed by atoms with Gasteiger partial charge in [-0.05, 0) is 42.4 Å². The van der Waals surface area contributed by atoms with Gasteiger partial charge in [0.05, 0.1) is 5.52 Å². The number of pyridine rings is 1. The van der Waals surface area contributed by atoms with Gasteiger partial charge in [-0.1, -0.05) is 67.5 Å². The van der Waals surface area contributed by atoms with E-state index in [1.165, 1.54) is 22.9 Å². The molecule has 4 nitrogen and oxygen atoms in total. The summed E-state index contributed by atoms with van der Waals surface area (Å²) in [6.07, 6.45) is 5.47. The summed E-state index contributed by atoms with van der Waals surface area (Å²) >= 11 is 0. The van der Waals surface area contributed by atoms with Crippen LogP contribution in [0.3, 0.4) is 0 Å². The Morgan fingerprint density at radius 3 is 2.11 bits per heavy atom. The number of benzene rings is 2. The number of ketones is 1. The van der Waals surface area contributed by atoms with Gasteiger partial charge < -0.3 is 9.67 Å². The molecule has 0 unspecified atom stereocenters. The zero-order valence-electron chi connectivity index (χ0n) is 23.9. The minimum absolute atomic E-state index is 0. The molecule has 1 radical (unpaired) electrons. The van der Waals surface area contributed by atoms with Crippen molar-refractivity contribution in [3.63, 3.8) is 0 Å². The van der Waals surface area contributed by atoms with Crippen LogP contribution in [-0.2, 0) is 24.9 Å². The first-order valence-electron chi connectivity index (χ1n) is 12.7. The number of carbonyl (C=O) groups is 1. The fourth-order valence-electron chi connectivity index (χ4n) is 3.78. The van der Waals surface area contributed by atoms with Gasteiger partial charge in [0, 0.05) is 60.5 Å². The van der Waals surface area contributed by atoms with Crippen molar-refractivity contribution in [1.29, 1.82) is 0 Å². The number of aliphatic hydroxyl groups excluding tert-OH is 1. The number of nitrogens with zero attached hydrogens (tertiary/aromatic N) is 2. The molecule has 2 aromatic heterocycles. The van der Waals surface area contributed by atoms with E-state index in [2.05, 4.69) is 80.2 Å². The molecule has 4 aromatic rings. The Labute approximate surface area is 241 Å². The maximum absolute atomic E-state index is 11.5. The molecule has 0 fully saturated rings. The summed E-state index contributed by atoms with van der Waals surface area (Å²) in [7, 11) is 0. The number of allylic oxidation sites excluding steroid dienone is 2. The molecule has 0 spiro atoms. The van der Waals surface area contributed by atoms with Crippen LogP contribution in [0, 0.1) is 37.7 Å². The predicted molar refractivity (Wildman–Crippen MR) is 154 cm³/mol. The average Bonchev–Trinajstić information content (AvgIpc) is 3.31. The minimum atomic E-state index is -0.417. The molecule has 0 saturated heterocycles. The van der Waals surface area contributed by atoms with E-state index in [4.69, 9.17) is 4.98 Å². The number of aryl methyl sites for hydroxylation is 3. The van der Waals surface area contributed by atoms with Gasteiger partial charge in [-0.15, -0.1) is 34.9 Å². The Hall–Kier alpha value is -3.01. The van der Waals surface area contributed by atoms with Crippen LogP contribution in [0.15, 0.2) is 72.8 Å². The Kier molecular flexibility index (Phi) is 10.0. The van der Waals surface area contributed by atoms with Crippen molar-refractivity contribution in [3.8, 4) is 16.9 Å². The molecule has 0 aliphatic heterocycles. The molecule has 2 heterocycles. The Morgan fingerprint density at radius 2 is 1.55 bits per heavy atom. The first-order valence-corrected chi connectivity index (χ1v) is 12.7. The molecule has 0 amide bonds. The van der Waals surface area contributed by atoms with Crippen LogP contribution in [0.4, 0.5) is 0 Å². The predicted octanol–water partition coefficient (Wildman–Crippen LogP) is 8.51. The van der Waals surface area contributed by atoms with Crippen molar-refractivity contribution < 1.29 is 30.0 Å². The van der Waals surface area contributed by atoms with Crippen LogP contribution in [0.25, 0.3) is 27.8 Å². The van der Waals surface area contributed by atoms with Gasteiger partial charge in [0.2, 0.25) is 0 Å². The summed E-state index contributed by atoms with van der Waals surface area (Å²) < 4.78 is 2.14. The second-order valence-electron chi connectivity index (χ2n) is 11.8. The van der Waals surface area contributed by atoms with Crippen molar-refractivity contribution in [3.05, 3.63) is 95.5 Å². The number of aromatic nitrogens is 2. The molecular formula is C33H39IrN2O2-. The molecule has 203 valence electrons. The quantitative estimate of drug-likeness (QED) is 0.134. The third-order valence-electron chi connectivity index (χ3n) is 6.09. The zero-order valence-corrected chi connectivity index (χ0v) is 26.3. The maximum atomic E-state index is 11.5. The monoisotopic (exact) mass is 688 g/mol. The summed E-state index contributed by atoms with van der Waals surface area (Å²) in [5.41, 5.74) is 7.08. The van der Waals surface area contributed by atoms with E-state index in [0.29, 0.717) is 0 Å².